The first-order valence-electron chi connectivity index (χ1n) is 6.60. The number of amides is 1. The summed E-state index contributed by atoms with van der Waals surface area (Å²) in [4.78, 5) is 16.4. The highest BCUT2D eigenvalue weighted by molar-refractivity contribution is 7.91. The number of aromatic nitrogens is 1. The van der Waals surface area contributed by atoms with Gasteiger partial charge in [0, 0.05) is 11.6 Å². The quantitative estimate of drug-likeness (QED) is 0.863. The molecule has 3 rings (SSSR count). The van der Waals surface area contributed by atoms with Gasteiger partial charge in [0.15, 0.2) is 15.0 Å². The number of nitrogens with zero attached hydrogens (tertiary/aromatic N) is 1. The number of benzene rings is 1. The average Bonchev–Trinajstić information content (AvgIpc) is 2.76. The van der Waals surface area contributed by atoms with Crippen molar-refractivity contribution in [3.05, 3.63) is 23.8 Å². The van der Waals surface area contributed by atoms with Crippen molar-refractivity contribution in [1.82, 2.24) is 10.3 Å². The van der Waals surface area contributed by atoms with E-state index in [0.29, 0.717) is 23.5 Å². The summed E-state index contributed by atoms with van der Waals surface area (Å²) in [6.07, 6.45) is 1.29. The van der Waals surface area contributed by atoms with Crippen molar-refractivity contribution in [1.29, 1.82) is 0 Å². The molecule has 1 aromatic carbocycles. The van der Waals surface area contributed by atoms with Crippen LogP contribution in [0.3, 0.4) is 0 Å². The van der Waals surface area contributed by atoms with Crippen LogP contribution >= 0.6 is 11.3 Å². The molecule has 2 aromatic rings. The number of carbonyl (C=O) groups is 1. The van der Waals surface area contributed by atoms with Crippen LogP contribution in [0.4, 0.5) is 5.13 Å². The molecule has 1 atom stereocenters. The number of hydrogen-bond acceptors (Lipinski definition) is 6. The zero-order valence-corrected chi connectivity index (χ0v) is 12.8. The van der Waals surface area contributed by atoms with E-state index >= 15 is 0 Å². The molecule has 1 unspecified atom stereocenters. The van der Waals surface area contributed by atoms with Gasteiger partial charge in [-0.15, -0.1) is 0 Å². The molecule has 1 aliphatic heterocycles. The minimum atomic E-state index is -3.03. The van der Waals surface area contributed by atoms with Crippen molar-refractivity contribution in [2.75, 3.05) is 17.2 Å². The molecule has 1 fully saturated rings. The van der Waals surface area contributed by atoms with Gasteiger partial charge >= 0.3 is 0 Å². The van der Waals surface area contributed by atoms with Crippen molar-refractivity contribution in [2.45, 2.75) is 18.9 Å². The first-order chi connectivity index (χ1) is 9.93. The Kier molecular flexibility index (Phi) is 3.58. The molecule has 0 aliphatic carbocycles. The fourth-order valence-electron chi connectivity index (χ4n) is 2.49. The maximum absolute atomic E-state index is 12.2. The van der Waals surface area contributed by atoms with Gasteiger partial charge in [0.25, 0.3) is 5.91 Å². The molecule has 1 aromatic heterocycles. The minimum Gasteiger partial charge on any atom is -0.375 e. The summed E-state index contributed by atoms with van der Waals surface area (Å²) in [5.41, 5.74) is 6.89. The average molecular weight is 325 g/mol. The molecule has 112 valence electrons. The predicted molar refractivity (Wildman–Crippen MR) is 83.2 cm³/mol. The number of thiazole rings is 1. The number of nitrogens with one attached hydrogen (secondary N) is 1. The maximum atomic E-state index is 12.2. The predicted octanol–water partition coefficient (Wildman–Crippen LogP) is 1.19. The van der Waals surface area contributed by atoms with Crippen molar-refractivity contribution in [3.63, 3.8) is 0 Å². The molecule has 3 N–H and O–H groups in total. The van der Waals surface area contributed by atoms with E-state index in [1.54, 1.807) is 18.2 Å². The second-order valence-corrected chi connectivity index (χ2v) is 8.45. The number of nitrogens with two attached hydrogens (primary N) is 1. The number of rotatable bonds is 2. The first-order valence-corrected chi connectivity index (χ1v) is 9.24. The van der Waals surface area contributed by atoms with Crippen LogP contribution in [0.25, 0.3) is 10.2 Å². The zero-order valence-electron chi connectivity index (χ0n) is 11.2. The molecular weight excluding hydrogens is 310 g/mol. The number of sulfone groups is 1. The highest BCUT2D eigenvalue weighted by atomic mass is 32.2. The number of fused-ring (bicyclic) bond motifs is 1. The van der Waals surface area contributed by atoms with E-state index < -0.39 is 9.84 Å². The fourth-order valence-corrected chi connectivity index (χ4v) is 4.90. The van der Waals surface area contributed by atoms with Crippen molar-refractivity contribution in [2.24, 2.45) is 0 Å². The van der Waals surface area contributed by atoms with Crippen LogP contribution in [-0.4, -0.2) is 36.9 Å². The standard InChI is InChI=1S/C13H15N3O3S2/c14-13-16-10-4-3-8(6-11(10)20-13)12(17)15-9-2-1-5-21(18,19)7-9/h3-4,6,9H,1-2,5,7H2,(H2,14,16)(H,15,17). The number of nitrogen functional groups attached to an aromatic ring is 1. The van der Waals surface area contributed by atoms with E-state index in [1.165, 1.54) is 11.3 Å². The van der Waals surface area contributed by atoms with E-state index in [4.69, 9.17) is 5.73 Å². The lowest BCUT2D eigenvalue weighted by Crippen LogP contribution is -2.43. The molecule has 2 heterocycles. The van der Waals surface area contributed by atoms with E-state index in [0.717, 1.165) is 10.2 Å². The topological polar surface area (TPSA) is 102 Å². The van der Waals surface area contributed by atoms with Crippen LogP contribution in [0.15, 0.2) is 18.2 Å². The van der Waals surface area contributed by atoms with E-state index in [9.17, 15) is 13.2 Å². The SMILES string of the molecule is Nc1nc2ccc(C(=O)NC3CCCS(=O)(=O)C3)cc2s1. The molecule has 0 spiro atoms. The van der Waals surface area contributed by atoms with E-state index in [1.807, 2.05) is 0 Å². The van der Waals surface area contributed by atoms with E-state index in [-0.39, 0.29) is 23.5 Å². The number of anilines is 1. The Labute approximate surface area is 126 Å². The maximum Gasteiger partial charge on any atom is 0.251 e. The summed E-state index contributed by atoms with van der Waals surface area (Å²) in [5.74, 6) is -0.0223. The Bertz CT molecular complexity index is 798. The van der Waals surface area contributed by atoms with Gasteiger partial charge in [0.1, 0.15) is 0 Å². The van der Waals surface area contributed by atoms with Crippen LogP contribution in [0.2, 0.25) is 0 Å². The van der Waals surface area contributed by atoms with Gasteiger partial charge in [-0.05, 0) is 31.0 Å². The monoisotopic (exact) mass is 325 g/mol. The summed E-state index contributed by atoms with van der Waals surface area (Å²) >= 11 is 1.32. The minimum absolute atomic E-state index is 0.0223. The van der Waals surface area contributed by atoms with Crippen LogP contribution in [0.5, 0.6) is 0 Å². The lowest BCUT2D eigenvalue weighted by molar-refractivity contribution is 0.0938. The summed E-state index contributed by atoms with van der Waals surface area (Å²) in [7, 11) is -3.03. The van der Waals surface area contributed by atoms with Gasteiger partial charge in [-0.2, -0.15) is 0 Å². The van der Waals surface area contributed by atoms with Gasteiger partial charge in [-0.3, -0.25) is 4.79 Å². The smallest absolute Gasteiger partial charge is 0.251 e. The van der Waals surface area contributed by atoms with Crippen molar-refractivity contribution < 1.29 is 13.2 Å². The van der Waals surface area contributed by atoms with Crippen molar-refractivity contribution in [3.8, 4) is 0 Å². The second kappa shape index (κ2) is 5.27. The molecule has 1 saturated heterocycles. The molecule has 1 amide bonds. The third kappa shape index (κ3) is 3.16. The fraction of sp³-hybridized carbons (Fsp3) is 0.385. The van der Waals surface area contributed by atoms with Crippen LogP contribution in [0, 0.1) is 0 Å². The van der Waals surface area contributed by atoms with Crippen LogP contribution in [-0.2, 0) is 9.84 Å². The van der Waals surface area contributed by atoms with Crippen molar-refractivity contribution >= 4 is 42.4 Å². The highest BCUT2D eigenvalue weighted by Crippen LogP contribution is 2.24. The molecule has 6 nitrogen and oxygen atoms in total. The normalized spacial score (nSPS) is 21.2. The summed E-state index contributed by atoms with van der Waals surface area (Å²) in [6.45, 7) is 0. The zero-order chi connectivity index (χ0) is 15.0. The lowest BCUT2D eigenvalue weighted by Gasteiger charge is -2.22. The molecule has 21 heavy (non-hydrogen) atoms. The number of carbonyl (C=O) groups excluding carboxylic acids is 1. The molecule has 8 heteroatoms. The van der Waals surface area contributed by atoms with Gasteiger partial charge in [0.2, 0.25) is 0 Å². The van der Waals surface area contributed by atoms with Gasteiger partial charge in [-0.1, -0.05) is 11.3 Å². The van der Waals surface area contributed by atoms with Crippen LogP contribution < -0.4 is 11.1 Å². The highest BCUT2D eigenvalue weighted by Gasteiger charge is 2.26. The Balaban J connectivity index is 1.77. The Morgan fingerprint density at radius 3 is 3.00 bits per heavy atom. The summed E-state index contributed by atoms with van der Waals surface area (Å²) in [6, 6.07) is 4.84. The molecule has 1 aliphatic rings. The van der Waals surface area contributed by atoms with Gasteiger partial charge in [-0.25, -0.2) is 13.4 Å². The van der Waals surface area contributed by atoms with Gasteiger partial charge < -0.3 is 11.1 Å². The third-order valence-electron chi connectivity index (χ3n) is 3.47. The first kappa shape index (κ1) is 14.3. The Hall–Kier alpha value is -1.67. The Morgan fingerprint density at radius 2 is 2.24 bits per heavy atom. The number of hydrogen-bond donors (Lipinski definition) is 2. The Morgan fingerprint density at radius 1 is 1.43 bits per heavy atom. The molecule has 0 radical (unpaired) electrons. The molecule has 0 saturated carbocycles. The second-order valence-electron chi connectivity index (χ2n) is 5.16. The van der Waals surface area contributed by atoms with Gasteiger partial charge in [0.05, 0.1) is 21.7 Å². The summed E-state index contributed by atoms with van der Waals surface area (Å²) in [5, 5.41) is 3.26. The van der Waals surface area contributed by atoms with Crippen LogP contribution in [0.1, 0.15) is 23.2 Å². The van der Waals surface area contributed by atoms with E-state index in [2.05, 4.69) is 10.3 Å². The lowest BCUT2D eigenvalue weighted by atomic mass is 10.1. The summed E-state index contributed by atoms with van der Waals surface area (Å²) < 4.78 is 24.0. The largest absolute Gasteiger partial charge is 0.375 e. The third-order valence-corrected chi connectivity index (χ3v) is 6.13. The molecular formula is C13H15N3O3S2. The molecule has 0 bridgehead atoms.